The minimum absolute atomic E-state index is 0.0327. The highest BCUT2D eigenvalue weighted by Gasteiger charge is 2.55. The van der Waals surface area contributed by atoms with Crippen LogP contribution in [0.5, 0.6) is 0 Å². The minimum Gasteiger partial charge on any atom is -0.436 e. The zero-order valence-corrected chi connectivity index (χ0v) is 20.1. The molecule has 3 aliphatic rings. The summed E-state index contributed by atoms with van der Waals surface area (Å²) in [6, 6.07) is 25.0. The second-order valence-electron chi connectivity index (χ2n) is 10.9. The molecule has 2 heterocycles. The monoisotopic (exact) mass is 453 g/mol. The van der Waals surface area contributed by atoms with Crippen molar-refractivity contribution in [1.82, 2.24) is 4.90 Å². The van der Waals surface area contributed by atoms with Gasteiger partial charge in [0.05, 0.1) is 12.1 Å². The van der Waals surface area contributed by atoms with E-state index in [2.05, 4.69) is 69.3 Å². The Morgan fingerprint density at radius 1 is 0.882 bits per heavy atom. The smallest absolute Gasteiger partial charge is 0.411 e. The standard InChI is InChI=1S/C30H31NO3/c1-29(2)18-30(3,27-21-11-5-4-10-20(21)16-17-33-27)31(19-29)28(32)34-26-24-14-8-6-12-22(24)23-13-7-9-15-25(23)26/h4-15,26-27H,16-19H2,1-3H3/t27-,30?/m0/s1. The predicted molar refractivity (Wildman–Crippen MR) is 133 cm³/mol. The van der Waals surface area contributed by atoms with Gasteiger partial charge in [-0.25, -0.2) is 4.79 Å². The largest absolute Gasteiger partial charge is 0.436 e. The van der Waals surface area contributed by atoms with Crippen LogP contribution in [-0.4, -0.2) is 29.7 Å². The van der Waals surface area contributed by atoms with E-state index in [9.17, 15) is 4.79 Å². The van der Waals surface area contributed by atoms with Crippen LogP contribution >= 0.6 is 0 Å². The molecule has 2 atom stereocenters. The van der Waals surface area contributed by atoms with Gasteiger partial charge in [0.25, 0.3) is 0 Å². The summed E-state index contributed by atoms with van der Waals surface area (Å²) in [4.78, 5) is 15.9. The van der Waals surface area contributed by atoms with Crippen LogP contribution in [0.3, 0.4) is 0 Å². The number of ether oxygens (including phenoxy) is 2. The number of carbonyl (C=O) groups is 1. The fourth-order valence-electron chi connectivity index (χ4n) is 6.55. The maximum Gasteiger partial charge on any atom is 0.411 e. The molecule has 0 spiro atoms. The highest BCUT2D eigenvalue weighted by molar-refractivity contribution is 5.80. The van der Waals surface area contributed by atoms with Gasteiger partial charge in [-0.05, 0) is 47.4 Å². The molecular weight excluding hydrogens is 422 g/mol. The van der Waals surface area contributed by atoms with Crippen molar-refractivity contribution in [3.63, 3.8) is 0 Å². The summed E-state index contributed by atoms with van der Waals surface area (Å²) < 4.78 is 12.7. The fraction of sp³-hybridized carbons (Fsp3) is 0.367. The average molecular weight is 454 g/mol. The van der Waals surface area contributed by atoms with Gasteiger partial charge >= 0.3 is 6.09 Å². The van der Waals surface area contributed by atoms with E-state index in [-0.39, 0.29) is 17.6 Å². The predicted octanol–water partition coefficient (Wildman–Crippen LogP) is 6.70. The summed E-state index contributed by atoms with van der Waals surface area (Å²) in [5.41, 5.74) is 6.38. The van der Waals surface area contributed by atoms with E-state index in [4.69, 9.17) is 9.47 Å². The number of rotatable bonds is 2. The van der Waals surface area contributed by atoms with Crippen LogP contribution in [0.25, 0.3) is 11.1 Å². The molecule has 4 nitrogen and oxygen atoms in total. The third-order valence-corrected chi connectivity index (χ3v) is 7.81. The number of fused-ring (bicyclic) bond motifs is 4. The number of hydrogen-bond donors (Lipinski definition) is 0. The molecule has 0 bridgehead atoms. The second-order valence-corrected chi connectivity index (χ2v) is 10.9. The van der Waals surface area contributed by atoms with Gasteiger partial charge in [0, 0.05) is 17.7 Å². The number of nitrogens with zero attached hydrogens (tertiary/aromatic N) is 1. The van der Waals surface area contributed by atoms with Gasteiger partial charge in [0.15, 0.2) is 6.10 Å². The van der Waals surface area contributed by atoms with Crippen molar-refractivity contribution >= 4 is 6.09 Å². The van der Waals surface area contributed by atoms with Gasteiger partial charge in [0.1, 0.15) is 6.10 Å². The molecule has 0 radical (unpaired) electrons. The maximum absolute atomic E-state index is 13.9. The van der Waals surface area contributed by atoms with Crippen LogP contribution in [0.1, 0.15) is 61.7 Å². The van der Waals surface area contributed by atoms with Crippen LogP contribution in [0.15, 0.2) is 72.8 Å². The first kappa shape index (κ1) is 21.4. The van der Waals surface area contributed by atoms with Gasteiger partial charge in [-0.2, -0.15) is 0 Å². The number of amides is 1. The molecule has 0 N–H and O–H groups in total. The lowest BCUT2D eigenvalue weighted by atomic mass is 9.78. The van der Waals surface area contributed by atoms with Crippen molar-refractivity contribution in [3.8, 4) is 11.1 Å². The van der Waals surface area contributed by atoms with Crippen LogP contribution in [0.2, 0.25) is 0 Å². The van der Waals surface area contributed by atoms with Crippen LogP contribution < -0.4 is 0 Å². The lowest BCUT2D eigenvalue weighted by molar-refractivity contribution is -0.0584. The molecule has 1 amide bonds. The molecule has 3 aromatic rings. The first-order valence-electron chi connectivity index (χ1n) is 12.2. The molecule has 174 valence electrons. The van der Waals surface area contributed by atoms with E-state index in [0.717, 1.165) is 35.1 Å². The first-order chi connectivity index (χ1) is 16.4. The summed E-state index contributed by atoms with van der Waals surface area (Å²) >= 11 is 0. The number of likely N-dealkylation sites (tertiary alicyclic amines) is 1. The Labute approximate surface area is 201 Å². The molecule has 34 heavy (non-hydrogen) atoms. The topological polar surface area (TPSA) is 38.8 Å². The van der Waals surface area contributed by atoms with Gasteiger partial charge in [-0.3, -0.25) is 4.90 Å². The van der Waals surface area contributed by atoms with Crippen LogP contribution in [0, 0.1) is 5.41 Å². The minimum atomic E-state index is -0.491. The summed E-state index contributed by atoms with van der Waals surface area (Å²) in [7, 11) is 0. The SMILES string of the molecule is CC1(C)CN(C(=O)OC2c3ccccc3-c3ccccc32)C(C)([C@H]2OCCc3ccccc32)C1. The molecule has 1 aliphatic carbocycles. The highest BCUT2D eigenvalue weighted by Crippen LogP contribution is 2.52. The highest BCUT2D eigenvalue weighted by atomic mass is 16.6. The van der Waals surface area contributed by atoms with Crippen LogP contribution in [0.4, 0.5) is 4.79 Å². The Bertz CT molecular complexity index is 1220. The summed E-state index contributed by atoms with van der Waals surface area (Å²) in [5, 5.41) is 0. The Morgan fingerprint density at radius 2 is 1.47 bits per heavy atom. The lowest BCUT2D eigenvalue weighted by Gasteiger charge is -2.43. The Balaban J connectivity index is 1.36. The van der Waals surface area contributed by atoms with Crippen molar-refractivity contribution in [2.75, 3.05) is 13.2 Å². The number of hydrogen-bond acceptors (Lipinski definition) is 3. The van der Waals surface area contributed by atoms with Crippen molar-refractivity contribution in [3.05, 3.63) is 95.1 Å². The summed E-state index contributed by atoms with van der Waals surface area (Å²) in [5.74, 6) is 0. The fourth-order valence-corrected chi connectivity index (χ4v) is 6.55. The molecule has 0 aromatic heterocycles. The maximum atomic E-state index is 13.9. The molecule has 3 aromatic carbocycles. The zero-order valence-electron chi connectivity index (χ0n) is 20.1. The van der Waals surface area contributed by atoms with Crippen molar-refractivity contribution in [2.45, 2.75) is 51.4 Å². The lowest BCUT2D eigenvalue weighted by Crippen LogP contribution is -2.51. The molecule has 1 fully saturated rings. The summed E-state index contributed by atoms with van der Waals surface area (Å²) in [6.45, 7) is 7.94. The first-order valence-corrected chi connectivity index (χ1v) is 12.2. The molecule has 1 saturated heterocycles. The third kappa shape index (κ3) is 3.27. The van der Waals surface area contributed by atoms with E-state index in [1.807, 2.05) is 29.2 Å². The molecular formula is C30H31NO3. The molecule has 2 aliphatic heterocycles. The van der Waals surface area contributed by atoms with Crippen LogP contribution in [-0.2, 0) is 15.9 Å². The van der Waals surface area contributed by atoms with E-state index >= 15 is 0 Å². The molecule has 4 heteroatoms. The Morgan fingerprint density at radius 3 is 2.15 bits per heavy atom. The third-order valence-electron chi connectivity index (χ3n) is 7.81. The quantitative estimate of drug-likeness (QED) is 0.433. The Hall–Kier alpha value is -3.11. The second kappa shape index (κ2) is 7.71. The molecule has 6 rings (SSSR count). The normalized spacial score (nSPS) is 24.9. The van der Waals surface area contributed by atoms with Gasteiger partial charge in [0.2, 0.25) is 0 Å². The van der Waals surface area contributed by atoms with E-state index in [1.54, 1.807) is 0 Å². The Kier molecular flexibility index (Phi) is 4.86. The van der Waals surface area contributed by atoms with Gasteiger partial charge in [-0.1, -0.05) is 86.6 Å². The van der Waals surface area contributed by atoms with E-state index in [0.29, 0.717) is 13.2 Å². The number of carbonyl (C=O) groups excluding carboxylic acids is 1. The number of benzene rings is 3. The zero-order chi connectivity index (χ0) is 23.5. The van der Waals surface area contributed by atoms with E-state index in [1.165, 1.54) is 11.1 Å². The summed E-state index contributed by atoms with van der Waals surface area (Å²) in [6.07, 6.45) is 0.927. The van der Waals surface area contributed by atoms with Crippen molar-refractivity contribution in [2.24, 2.45) is 5.41 Å². The van der Waals surface area contributed by atoms with Crippen molar-refractivity contribution < 1.29 is 14.3 Å². The van der Waals surface area contributed by atoms with E-state index < -0.39 is 11.6 Å². The van der Waals surface area contributed by atoms with Gasteiger partial charge < -0.3 is 9.47 Å². The molecule has 1 unspecified atom stereocenters. The van der Waals surface area contributed by atoms with Crippen molar-refractivity contribution in [1.29, 1.82) is 0 Å². The average Bonchev–Trinajstić information content (AvgIpc) is 3.30. The van der Waals surface area contributed by atoms with Gasteiger partial charge in [-0.15, -0.1) is 0 Å². The molecule has 0 saturated carbocycles.